The van der Waals surface area contributed by atoms with Gasteiger partial charge in [-0.2, -0.15) is 5.26 Å². The van der Waals surface area contributed by atoms with Crippen molar-refractivity contribution in [1.82, 2.24) is 0 Å². The monoisotopic (exact) mass is 123 g/mol. The molecule has 0 atom stereocenters. The summed E-state index contributed by atoms with van der Waals surface area (Å²) in [4.78, 5) is 10.5. The van der Waals surface area contributed by atoms with Gasteiger partial charge in [-0.1, -0.05) is 5.57 Å². The van der Waals surface area contributed by atoms with Gasteiger partial charge in [0.1, 0.15) is 6.07 Å². The number of Topliss-reactive ketones (excluding diaryl/α,β-unsaturated/α-hetero) is 1. The molecule has 2 heteroatoms. The minimum Gasteiger partial charge on any atom is -0.294 e. The van der Waals surface area contributed by atoms with Crippen LogP contribution in [0.1, 0.15) is 20.8 Å². The van der Waals surface area contributed by atoms with E-state index in [0.717, 1.165) is 5.57 Å². The lowest BCUT2D eigenvalue weighted by molar-refractivity contribution is -0.113. The molecule has 9 heavy (non-hydrogen) atoms. The highest BCUT2D eigenvalue weighted by atomic mass is 16.1. The zero-order valence-corrected chi connectivity index (χ0v) is 5.86. The number of nitrogens with zero attached hydrogens (tertiary/aromatic N) is 1. The van der Waals surface area contributed by atoms with Gasteiger partial charge < -0.3 is 0 Å². The first-order chi connectivity index (χ1) is 4.09. The molecular formula is C7H9NO. The summed E-state index contributed by atoms with van der Waals surface area (Å²) in [5.41, 5.74) is 1.06. The summed E-state index contributed by atoms with van der Waals surface area (Å²) < 4.78 is 0. The zero-order valence-electron chi connectivity index (χ0n) is 5.86. The van der Waals surface area contributed by atoms with Crippen molar-refractivity contribution < 1.29 is 4.79 Å². The number of hydrogen-bond donors (Lipinski definition) is 0. The highest BCUT2D eigenvalue weighted by Crippen LogP contribution is 2.01. The van der Waals surface area contributed by atoms with Gasteiger partial charge in [-0.15, -0.1) is 0 Å². The van der Waals surface area contributed by atoms with Crippen LogP contribution in [-0.2, 0) is 4.79 Å². The van der Waals surface area contributed by atoms with Crippen LogP contribution in [0, 0.1) is 11.3 Å². The molecule has 0 aromatic rings. The van der Waals surface area contributed by atoms with Crippen molar-refractivity contribution in [3.8, 4) is 6.07 Å². The van der Waals surface area contributed by atoms with Gasteiger partial charge in [0.05, 0.1) is 5.57 Å². The van der Waals surface area contributed by atoms with E-state index in [4.69, 9.17) is 5.26 Å². The van der Waals surface area contributed by atoms with Crippen LogP contribution in [0.4, 0.5) is 0 Å². The van der Waals surface area contributed by atoms with E-state index < -0.39 is 0 Å². The van der Waals surface area contributed by atoms with Gasteiger partial charge in [0.2, 0.25) is 0 Å². The fourth-order valence-corrected chi connectivity index (χ4v) is 0.543. The largest absolute Gasteiger partial charge is 0.294 e. The molecule has 0 N–H and O–H groups in total. The average Bonchev–Trinajstić information content (AvgIpc) is 1.64. The van der Waals surface area contributed by atoms with Crippen LogP contribution in [0.25, 0.3) is 0 Å². The molecule has 0 aliphatic rings. The second kappa shape index (κ2) is 3.03. The van der Waals surface area contributed by atoms with E-state index in [-0.39, 0.29) is 11.4 Å². The number of ketones is 1. The normalized spacial score (nSPS) is 7.78. The molecule has 0 aliphatic heterocycles. The number of carbonyl (C=O) groups excluding carboxylic acids is 1. The Morgan fingerprint density at radius 1 is 1.33 bits per heavy atom. The fraction of sp³-hybridized carbons (Fsp3) is 0.429. The molecule has 0 aliphatic carbocycles. The van der Waals surface area contributed by atoms with E-state index in [2.05, 4.69) is 0 Å². The van der Waals surface area contributed by atoms with Crippen molar-refractivity contribution in [3.05, 3.63) is 11.1 Å². The van der Waals surface area contributed by atoms with Gasteiger partial charge in [-0.25, -0.2) is 0 Å². The van der Waals surface area contributed by atoms with E-state index in [0.29, 0.717) is 0 Å². The zero-order chi connectivity index (χ0) is 7.44. The molecule has 0 aromatic heterocycles. The highest BCUT2D eigenvalue weighted by Gasteiger charge is 2.01. The summed E-state index contributed by atoms with van der Waals surface area (Å²) in [6.07, 6.45) is 0. The van der Waals surface area contributed by atoms with Crippen LogP contribution in [-0.4, -0.2) is 5.78 Å². The number of carbonyl (C=O) groups is 1. The maximum Gasteiger partial charge on any atom is 0.170 e. The Bertz CT molecular complexity index is 191. The number of allylic oxidation sites excluding steroid dienone is 2. The Morgan fingerprint density at radius 2 is 1.78 bits per heavy atom. The average molecular weight is 123 g/mol. The summed E-state index contributed by atoms with van der Waals surface area (Å²) in [7, 11) is 0. The maximum atomic E-state index is 10.5. The van der Waals surface area contributed by atoms with E-state index in [1.807, 2.05) is 6.07 Å². The molecule has 0 spiro atoms. The first-order valence-corrected chi connectivity index (χ1v) is 2.68. The molecule has 0 bridgehead atoms. The molecular weight excluding hydrogens is 114 g/mol. The first-order valence-electron chi connectivity index (χ1n) is 2.68. The highest BCUT2D eigenvalue weighted by molar-refractivity contribution is 5.97. The lowest BCUT2D eigenvalue weighted by Gasteiger charge is -1.90. The lowest BCUT2D eigenvalue weighted by Crippen LogP contribution is -1.94. The second-order valence-corrected chi connectivity index (χ2v) is 2.04. The van der Waals surface area contributed by atoms with Crippen LogP contribution in [0.2, 0.25) is 0 Å². The minimum absolute atomic E-state index is 0.155. The van der Waals surface area contributed by atoms with Gasteiger partial charge in [0.25, 0.3) is 0 Å². The first kappa shape index (κ1) is 7.90. The number of hydrogen-bond acceptors (Lipinski definition) is 2. The van der Waals surface area contributed by atoms with Crippen LogP contribution < -0.4 is 0 Å². The van der Waals surface area contributed by atoms with Crippen LogP contribution >= 0.6 is 0 Å². The molecule has 0 saturated heterocycles. The molecule has 0 amide bonds. The Balaban J connectivity index is 4.62. The quantitative estimate of drug-likeness (QED) is 0.391. The van der Waals surface area contributed by atoms with Gasteiger partial charge in [-0.3, -0.25) is 4.79 Å². The topological polar surface area (TPSA) is 40.9 Å². The molecule has 48 valence electrons. The van der Waals surface area contributed by atoms with Crippen molar-refractivity contribution in [2.45, 2.75) is 20.8 Å². The second-order valence-electron chi connectivity index (χ2n) is 2.04. The predicted molar refractivity (Wildman–Crippen MR) is 34.7 cm³/mol. The molecule has 0 fully saturated rings. The van der Waals surface area contributed by atoms with Crippen molar-refractivity contribution in [3.63, 3.8) is 0 Å². The van der Waals surface area contributed by atoms with Crippen molar-refractivity contribution in [1.29, 1.82) is 5.26 Å². The van der Waals surface area contributed by atoms with E-state index in [1.54, 1.807) is 13.8 Å². The summed E-state index contributed by atoms with van der Waals surface area (Å²) >= 11 is 0. The summed E-state index contributed by atoms with van der Waals surface area (Å²) in [6, 6.07) is 1.83. The van der Waals surface area contributed by atoms with E-state index in [1.165, 1.54) is 6.92 Å². The summed E-state index contributed by atoms with van der Waals surface area (Å²) in [5, 5.41) is 8.34. The SMILES string of the molecule is CC(=O)C(C#N)=C(C)C. The third-order valence-corrected chi connectivity index (χ3v) is 0.964. The summed E-state index contributed by atoms with van der Waals surface area (Å²) in [6.45, 7) is 4.89. The Morgan fingerprint density at radius 3 is 1.78 bits per heavy atom. The smallest absolute Gasteiger partial charge is 0.170 e. The Hall–Kier alpha value is -1.10. The Labute approximate surface area is 54.8 Å². The van der Waals surface area contributed by atoms with Crippen LogP contribution in [0.15, 0.2) is 11.1 Å². The molecule has 0 aromatic carbocycles. The molecule has 2 nitrogen and oxygen atoms in total. The standard InChI is InChI=1S/C7H9NO/c1-5(2)7(4-8)6(3)9/h1-3H3. The van der Waals surface area contributed by atoms with E-state index in [9.17, 15) is 4.79 Å². The molecule has 0 saturated carbocycles. The fourth-order valence-electron chi connectivity index (χ4n) is 0.543. The van der Waals surface area contributed by atoms with Crippen molar-refractivity contribution in [2.24, 2.45) is 0 Å². The van der Waals surface area contributed by atoms with Gasteiger partial charge >= 0.3 is 0 Å². The number of rotatable bonds is 1. The van der Waals surface area contributed by atoms with E-state index >= 15 is 0 Å². The van der Waals surface area contributed by atoms with Gasteiger partial charge in [-0.05, 0) is 20.8 Å². The summed E-state index contributed by atoms with van der Waals surface area (Å²) in [5.74, 6) is -0.155. The third-order valence-electron chi connectivity index (χ3n) is 0.964. The lowest BCUT2D eigenvalue weighted by atomic mass is 10.1. The third kappa shape index (κ3) is 2.09. The number of nitriles is 1. The van der Waals surface area contributed by atoms with Crippen LogP contribution in [0.5, 0.6) is 0 Å². The van der Waals surface area contributed by atoms with Crippen molar-refractivity contribution in [2.75, 3.05) is 0 Å². The molecule has 0 rings (SSSR count). The molecule has 0 heterocycles. The van der Waals surface area contributed by atoms with Gasteiger partial charge in [0.15, 0.2) is 5.78 Å². The molecule has 0 unspecified atom stereocenters. The van der Waals surface area contributed by atoms with Crippen LogP contribution in [0.3, 0.4) is 0 Å². The molecule has 0 radical (unpaired) electrons. The Kier molecular flexibility index (Phi) is 2.66. The predicted octanol–water partition coefficient (Wildman–Crippen LogP) is 1.44. The van der Waals surface area contributed by atoms with Crippen molar-refractivity contribution >= 4 is 5.78 Å². The minimum atomic E-state index is -0.155. The van der Waals surface area contributed by atoms with Gasteiger partial charge in [0, 0.05) is 0 Å². The maximum absolute atomic E-state index is 10.5.